The molecule has 5 nitrogen and oxygen atoms in total. The average molecular weight is 225 g/mol. The number of carbonyl (C=O) groups excluding carboxylic acids is 1. The Morgan fingerprint density at radius 1 is 1.62 bits per heavy atom. The first-order chi connectivity index (χ1) is 7.61. The molecule has 16 heavy (non-hydrogen) atoms. The van der Waals surface area contributed by atoms with Gasteiger partial charge in [0.2, 0.25) is 0 Å². The van der Waals surface area contributed by atoms with E-state index < -0.39 is 0 Å². The molecule has 1 aromatic rings. The summed E-state index contributed by atoms with van der Waals surface area (Å²) in [7, 11) is 3.38. The second-order valence-electron chi connectivity index (χ2n) is 3.88. The fourth-order valence-electron chi connectivity index (χ4n) is 1.51. The van der Waals surface area contributed by atoms with Gasteiger partial charge in [-0.3, -0.25) is 9.48 Å². The minimum atomic E-state index is 0.0531. The maximum absolute atomic E-state index is 12.0. The topological polar surface area (TPSA) is 56.1 Å². The van der Waals surface area contributed by atoms with Crippen molar-refractivity contribution in [3.8, 4) is 5.75 Å². The minimum Gasteiger partial charge on any atom is -0.493 e. The van der Waals surface area contributed by atoms with Crippen molar-refractivity contribution in [3.05, 3.63) is 11.9 Å². The van der Waals surface area contributed by atoms with Crippen LogP contribution in [0.4, 0.5) is 0 Å². The van der Waals surface area contributed by atoms with E-state index in [9.17, 15) is 4.79 Å². The molecule has 1 rings (SSSR count). The van der Waals surface area contributed by atoms with Crippen LogP contribution in [0.2, 0.25) is 0 Å². The Bertz CT molecular complexity index is 358. The number of carbonyl (C=O) groups is 1. The van der Waals surface area contributed by atoms with E-state index in [0.717, 1.165) is 0 Å². The number of aromatic nitrogens is 2. The van der Waals surface area contributed by atoms with Gasteiger partial charge in [-0.05, 0) is 20.9 Å². The maximum Gasteiger partial charge on any atom is 0.185 e. The Balaban J connectivity index is 2.98. The lowest BCUT2D eigenvalue weighted by Crippen LogP contribution is -2.18. The van der Waals surface area contributed by atoms with Gasteiger partial charge in [-0.1, -0.05) is 0 Å². The predicted molar refractivity (Wildman–Crippen MR) is 62.0 cm³/mol. The molecule has 0 atom stereocenters. The maximum atomic E-state index is 12.0. The average Bonchev–Trinajstić information content (AvgIpc) is 2.69. The van der Waals surface area contributed by atoms with Crippen molar-refractivity contribution in [3.63, 3.8) is 0 Å². The minimum absolute atomic E-state index is 0.0531. The van der Waals surface area contributed by atoms with Gasteiger partial charge in [0.1, 0.15) is 5.69 Å². The Morgan fingerprint density at radius 2 is 2.31 bits per heavy atom. The number of nitrogens with zero attached hydrogens (tertiary/aromatic N) is 2. The lowest BCUT2D eigenvalue weighted by atomic mass is 10.2. The Hall–Kier alpha value is -1.36. The normalized spacial score (nSPS) is 10.8. The number of Topliss-reactive ketones (excluding diaryl/α,β-unsaturated/α-hetero) is 1. The summed E-state index contributed by atoms with van der Waals surface area (Å²) in [6.45, 7) is 4.63. The van der Waals surface area contributed by atoms with Crippen molar-refractivity contribution in [2.75, 3.05) is 20.7 Å². The third-order valence-corrected chi connectivity index (χ3v) is 2.34. The first kappa shape index (κ1) is 12.7. The largest absolute Gasteiger partial charge is 0.493 e. The molecule has 0 fully saturated rings. The monoisotopic (exact) mass is 225 g/mol. The molecule has 0 amide bonds. The Morgan fingerprint density at radius 3 is 2.81 bits per heavy atom. The fourth-order valence-corrected chi connectivity index (χ4v) is 1.51. The molecule has 0 aliphatic rings. The van der Waals surface area contributed by atoms with Gasteiger partial charge in [0, 0.05) is 19.0 Å². The van der Waals surface area contributed by atoms with Gasteiger partial charge in [0.05, 0.1) is 13.3 Å². The molecule has 0 radical (unpaired) electrons. The lowest BCUT2D eigenvalue weighted by Gasteiger charge is -2.11. The van der Waals surface area contributed by atoms with Crippen LogP contribution < -0.4 is 10.1 Å². The van der Waals surface area contributed by atoms with Crippen LogP contribution in [-0.4, -0.2) is 36.3 Å². The number of ether oxygens (including phenoxy) is 1. The van der Waals surface area contributed by atoms with Crippen LogP contribution in [0.5, 0.6) is 5.75 Å². The van der Waals surface area contributed by atoms with Gasteiger partial charge in [-0.15, -0.1) is 0 Å². The molecule has 1 heterocycles. The van der Waals surface area contributed by atoms with Crippen LogP contribution in [0.1, 0.15) is 36.8 Å². The zero-order valence-corrected chi connectivity index (χ0v) is 10.3. The molecule has 0 saturated heterocycles. The standard InChI is InChI=1S/C11H19N3O2/c1-8(2)14-11(9(15)5-6-12-3)10(16-4)7-13-14/h7-8,12H,5-6H2,1-4H3. The van der Waals surface area contributed by atoms with Gasteiger partial charge >= 0.3 is 0 Å². The summed E-state index contributed by atoms with van der Waals surface area (Å²) in [5, 5.41) is 7.12. The SMILES string of the molecule is CNCCC(=O)c1c(OC)cnn1C(C)C. The van der Waals surface area contributed by atoms with Crippen LogP contribution in [0.3, 0.4) is 0 Å². The van der Waals surface area contributed by atoms with E-state index in [1.807, 2.05) is 20.9 Å². The van der Waals surface area contributed by atoms with Crippen LogP contribution in [0, 0.1) is 0 Å². The van der Waals surface area contributed by atoms with Crippen LogP contribution in [0.15, 0.2) is 6.20 Å². The molecule has 0 aliphatic carbocycles. The first-order valence-corrected chi connectivity index (χ1v) is 5.41. The first-order valence-electron chi connectivity index (χ1n) is 5.41. The third-order valence-electron chi connectivity index (χ3n) is 2.34. The summed E-state index contributed by atoms with van der Waals surface area (Å²) < 4.78 is 6.86. The summed E-state index contributed by atoms with van der Waals surface area (Å²) in [6, 6.07) is 0.150. The fraction of sp³-hybridized carbons (Fsp3) is 0.636. The molecule has 0 spiro atoms. The van der Waals surface area contributed by atoms with Crippen molar-refractivity contribution in [2.45, 2.75) is 26.3 Å². The van der Waals surface area contributed by atoms with Crippen LogP contribution in [-0.2, 0) is 0 Å². The lowest BCUT2D eigenvalue weighted by molar-refractivity contribution is 0.0967. The summed E-state index contributed by atoms with van der Waals surface area (Å²) in [5.74, 6) is 0.604. The second kappa shape index (κ2) is 5.65. The molecular weight excluding hydrogens is 206 g/mol. The van der Waals surface area contributed by atoms with E-state index in [0.29, 0.717) is 24.4 Å². The van der Waals surface area contributed by atoms with E-state index in [1.165, 1.54) is 0 Å². The van der Waals surface area contributed by atoms with Crippen molar-refractivity contribution in [1.29, 1.82) is 0 Å². The zero-order valence-electron chi connectivity index (χ0n) is 10.3. The number of hydrogen-bond acceptors (Lipinski definition) is 4. The van der Waals surface area contributed by atoms with Gasteiger partial charge in [-0.25, -0.2) is 0 Å². The highest BCUT2D eigenvalue weighted by Gasteiger charge is 2.20. The molecule has 1 aromatic heterocycles. The quantitative estimate of drug-likeness (QED) is 0.741. The van der Waals surface area contributed by atoms with Crippen molar-refractivity contribution >= 4 is 5.78 Å². The van der Waals surface area contributed by atoms with Crippen molar-refractivity contribution in [2.24, 2.45) is 0 Å². The van der Waals surface area contributed by atoms with Crippen LogP contribution >= 0.6 is 0 Å². The molecular formula is C11H19N3O2. The van der Waals surface area contributed by atoms with Crippen molar-refractivity contribution < 1.29 is 9.53 Å². The van der Waals surface area contributed by atoms with E-state index in [1.54, 1.807) is 18.0 Å². The highest BCUT2D eigenvalue weighted by atomic mass is 16.5. The summed E-state index contributed by atoms with van der Waals surface area (Å²) in [6.07, 6.45) is 2.04. The van der Waals surface area contributed by atoms with Gasteiger partial charge in [0.15, 0.2) is 11.5 Å². The molecule has 0 aliphatic heterocycles. The number of rotatable bonds is 6. The molecule has 0 bridgehead atoms. The number of nitrogens with one attached hydrogen (secondary N) is 1. The number of methoxy groups -OCH3 is 1. The molecule has 0 saturated carbocycles. The van der Waals surface area contributed by atoms with Gasteiger partial charge in [-0.2, -0.15) is 5.10 Å². The molecule has 0 unspecified atom stereocenters. The third kappa shape index (κ3) is 2.61. The summed E-state index contributed by atoms with van der Waals surface area (Å²) in [4.78, 5) is 12.0. The second-order valence-corrected chi connectivity index (χ2v) is 3.88. The summed E-state index contributed by atoms with van der Waals surface area (Å²) >= 11 is 0. The highest BCUT2D eigenvalue weighted by Crippen LogP contribution is 2.22. The van der Waals surface area contributed by atoms with Gasteiger partial charge < -0.3 is 10.1 Å². The van der Waals surface area contributed by atoms with Gasteiger partial charge in [0.25, 0.3) is 0 Å². The Labute approximate surface area is 95.8 Å². The van der Waals surface area contributed by atoms with E-state index in [-0.39, 0.29) is 11.8 Å². The van der Waals surface area contributed by atoms with Crippen LogP contribution in [0.25, 0.3) is 0 Å². The summed E-state index contributed by atoms with van der Waals surface area (Å²) in [5.41, 5.74) is 0.563. The zero-order chi connectivity index (χ0) is 12.1. The number of ketones is 1. The predicted octanol–water partition coefficient (Wildman–Crippen LogP) is 1.26. The smallest absolute Gasteiger partial charge is 0.185 e. The molecule has 0 aromatic carbocycles. The Kier molecular flexibility index (Phi) is 4.49. The molecule has 5 heteroatoms. The number of hydrogen-bond donors (Lipinski definition) is 1. The van der Waals surface area contributed by atoms with Crippen molar-refractivity contribution in [1.82, 2.24) is 15.1 Å². The van der Waals surface area contributed by atoms with E-state index in [4.69, 9.17) is 4.74 Å². The highest BCUT2D eigenvalue weighted by molar-refractivity contribution is 5.97. The molecule has 1 N–H and O–H groups in total. The van der Waals surface area contributed by atoms with E-state index >= 15 is 0 Å². The molecule has 90 valence electrons. The van der Waals surface area contributed by atoms with E-state index in [2.05, 4.69) is 10.4 Å².